The Morgan fingerprint density at radius 2 is 2.18 bits per heavy atom. The number of ether oxygens (including phenoxy) is 1. The first-order chi connectivity index (χ1) is 10.6. The summed E-state index contributed by atoms with van der Waals surface area (Å²) >= 11 is 0. The topological polar surface area (TPSA) is 44.8 Å². The van der Waals surface area contributed by atoms with Crippen LogP contribution in [0.1, 0.15) is 46.0 Å². The number of likely N-dealkylation sites (tertiary alicyclic amines) is 1. The molecule has 3 aliphatic rings. The van der Waals surface area contributed by atoms with Crippen LogP contribution in [0.2, 0.25) is 0 Å². The molecule has 1 aliphatic carbocycles. The highest BCUT2D eigenvalue weighted by Gasteiger charge is 2.43. The molecule has 22 heavy (non-hydrogen) atoms. The van der Waals surface area contributed by atoms with Crippen molar-refractivity contribution >= 4 is 6.03 Å². The van der Waals surface area contributed by atoms with Gasteiger partial charge in [-0.25, -0.2) is 4.79 Å². The number of hydrogen-bond donors (Lipinski definition) is 1. The standard InChI is InChI=1S/C17H31N3O2/c1-14-5-3-8-19(11-14)12-15(2)18-16(21)20-9-10-22-17(13-20)6-4-7-17/h14-15H,3-13H2,1-2H3,(H,18,21)/t14-,15-/m1/s1. The number of nitrogens with zero attached hydrogens (tertiary/aromatic N) is 2. The van der Waals surface area contributed by atoms with Crippen molar-refractivity contribution in [2.45, 2.75) is 57.6 Å². The van der Waals surface area contributed by atoms with Crippen molar-refractivity contribution < 1.29 is 9.53 Å². The molecule has 1 N–H and O–H groups in total. The number of urea groups is 1. The SMILES string of the molecule is C[C@@H]1CCCN(C[C@@H](C)NC(=O)N2CCOC3(CCC3)C2)C1. The Bertz CT molecular complexity index is 397. The molecule has 2 amide bonds. The van der Waals surface area contributed by atoms with Gasteiger partial charge in [0.1, 0.15) is 0 Å². The molecule has 2 saturated heterocycles. The molecule has 3 rings (SSSR count). The molecule has 1 saturated carbocycles. The van der Waals surface area contributed by atoms with Crippen molar-refractivity contribution in [1.29, 1.82) is 0 Å². The maximum absolute atomic E-state index is 12.5. The first-order valence-electron chi connectivity index (χ1n) is 8.98. The minimum Gasteiger partial charge on any atom is -0.371 e. The molecule has 2 aliphatic heterocycles. The highest BCUT2D eigenvalue weighted by Crippen LogP contribution is 2.38. The van der Waals surface area contributed by atoms with Crippen molar-refractivity contribution in [2.24, 2.45) is 5.92 Å². The second-order valence-electron chi connectivity index (χ2n) is 7.66. The number of hydrogen-bond acceptors (Lipinski definition) is 3. The minimum absolute atomic E-state index is 0.0128. The number of rotatable bonds is 3. The van der Waals surface area contributed by atoms with Gasteiger partial charge in [0.05, 0.1) is 18.8 Å². The predicted octanol–water partition coefficient (Wildman–Crippen LogP) is 2.07. The minimum atomic E-state index is -0.0128. The number of morpholine rings is 1. The summed E-state index contributed by atoms with van der Waals surface area (Å²) < 4.78 is 5.89. The van der Waals surface area contributed by atoms with Gasteiger partial charge in [-0.3, -0.25) is 0 Å². The monoisotopic (exact) mass is 309 g/mol. The molecule has 0 bridgehead atoms. The lowest BCUT2D eigenvalue weighted by molar-refractivity contribution is -0.141. The molecule has 0 radical (unpaired) electrons. The Kier molecular flexibility index (Phi) is 4.93. The average molecular weight is 309 g/mol. The van der Waals surface area contributed by atoms with Crippen LogP contribution in [0, 0.1) is 5.92 Å². The highest BCUT2D eigenvalue weighted by molar-refractivity contribution is 5.74. The molecule has 0 unspecified atom stereocenters. The number of carbonyl (C=O) groups is 1. The fraction of sp³-hybridized carbons (Fsp3) is 0.941. The van der Waals surface area contributed by atoms with E-state index in [0.717, 1.165) is 38.4 Å². The number of piperidine rings is 1. The lowest BCUT2D eigenvalue weighted by Crippen LogP contribution is -2.60. The molecule has 126 valence electrons. The third-order valence-electron chi connectivity index (χ3n) is 5.44. The van der Waals surface area contributed by atoms with Gasteiger partial charge < -0.3 is 19.9 Å². The van der Waals surface area contributed by atoms with Crippen LogP contribution < -0.4 is 5.32 Å². The van der Waals surface area contributed by atoms with Crippen molar-refractivity contribution in [3.8, 4) is 0 Å². The van der Waals surface area contributed by atoms with E-state index in [0.29, 0.717) is 6.61 Å². The Morgan fingerprint density at radius 3 is 2.86 bits per heavy atom. The normalized spacial score (nSPS) is 29.9. The zero-order chi connectivity index (χ0) is 15.6. The summed E-state index contributed by atoms with van der Waals surface area (Å²) in [5, 5.41) is 3.19. The molecule has 2 atom stereocenters. The van der Waals surface area contributed by atoms with Gasteiger partial charge in [-0.05, 0) is 51.5 Å². The maximum Gasteiger partial charge on any atom is 0.317 e. The third kappa shape index (κ3) is 3.74. The summed E-state index contributed by atoms with van der Waals surface area (Å²) in [6.45, 7) is 9.92. The second-order valence-corrected chi connectivity index (χ2v) is 7.66. The molecule has 1 spiro atoms. The van der Waals surface area contributed by atoms with E-state index >= 15 is 0 Å². The van der Waals surface area contributed by atoms with Crippen LogP contribution in [0.3, 0.4) is 0 Å². The molecule has 5 nitrogen and oxygen atoms in total. The summed E-state index contributed by atoms with van der Waals surface area (Å²) in [6, 6.07) is 0.296. The van der Waals surface area contributed by atoms with E-state index in [1.165, 1.54) is 32.4 Å². The van der Waals surface area contributed by atoms with Crippen LogP contribution >= 0.6 is 0 Å². The van der Waals surface area contributed by atoms with Gasteiger partial charge in [0.2, 0.25) is 0 Å². The fourth-order valence-electron chi connectivity index (χ4n) is 4.08. The maximum atomic E-state index is 12.5. The Hall–Kier alpha value is -0.810. The smallest absolute Gasteiger partial charge is 0.317 e. The van der Waals surface area contributed by atoms with Gasteiger partial charge in [-0.2, -0.15) is 0 Å². The van der Waals surface area contributed by atoms with Crippen LogP contribution in [0.15, 0.2) is 0 Å². The molecule has 0 aromatic heterocycles. The first-order valence-corrected chi connectivity index (χ1v) is 8.98. The van der Waals surface area contributed by atoms with Crippen molar-refractivity contribution in [3.63, 3.8) is 0 Å². The second kappa shape index (κ2) is 6.75. The zero-order valence-electron chi connectivity index (χ0n) is 14.1. The fourth-order valence-corrected chi connectivity index (χ4v) is 4.08. The Balaban J connectivity index is 1.44. The van der Waals surface area contributed by atoms with Crippen molar-refractivity contribution in [1.82, 2.24) is 15.1 Å². The van der Waals surface area contributed by atoms with Gasteiger partial charge >= 0.3 is 6.03 Å². The summed E-state index contributed by atoms with van der Waals surface area (Å²) in [6.07, 6.45) is 6.08. The molecular formula is C17H31N3O2. The largest absolute Gasteiger partial charge is 0.371 e. The van der Waals surface area contributed by atoms with Crippen molar-refractivity contribution in [2.75, 3.05) is 39.3 Å². The van der Waals surface area contributed by atoms with Crippen LogP contribution in [0.25, 0.3) is 0 Å². The summed E-state index contributed by atoms with van der Waals surface area (Å²) in [5.74, 6) is 0.786. The number of carbonyl (C=O) groups excluding carboxylic acids is 1. The van der Waals surface area contributed by atoms with E-state index in [-0.39, 0.29) is 17.7 Å². The number of amides is 2. The zero-order valence-corrected chi connectivity index (χ0v) is 14.1. The molecule has 0 aromatic rings. The Labute approximate surface area is 134 Å². The lowest BCUT2D eigenvalue weighted by Gasteiger charge is -2.48. The van der Waals surface area contributed by atoms with E-state index < -0.39 is 0 Å². The lowest BCUT2D eigenvalue weighted by atomic mass is 9.79. The predicted molar refractivity (Wildman–Crippen MR) is 86.9 cm³/mol. The van der Waals surface area contributed by atoms with Crippen molar-refractivity contribution in [3.05, 3.63) is 0 Å². The molecule has 0 aromatic carbocycles. The molecule has 2 heterocycles. The third-order valence-corrected chi connectivity index (χ3v) is 5.44. The number of nitrogens with one attached hydrogen (secondary N) is 1. The quantitative estimate of drug-likeness (QED) is 0.868. The van der Waals surface area contributed by atoms with E-state index in [1.54, 1.807) is 0 Å². The first kappa shape index (κ1) is 16.1. The van der Waals surface area contributed by atoms with Crippen LogP contribution in [0.5, 0.6) is 0 Å². The molecule has 3 fully saturated rings. The summed E-state index contributed by atoms with van der Waals surface area (Å²) in [4.78, 5) is 16.9. The van der Waals surface area contributed by atoms with Gasteiger partial charge in [-0.15, -0.1) is 0 Å². The van der Waals surface area contributed by atoms with Crippen LogP contribution in [-0.4, -0.2) is 66.8 Å². The summed E-state index contributed by atoms with van der Waals surface area (Å²) in [5.41, 5.74) is -0.0128. The Morgan fingerprint density at radius 1 is 1.36 bits per heavy atom. The van der Waals surface area contributed by atoms with Gasteiger partial charge in [0.15, 0.2) is 0 Å². The van der Waals surface area contributed by atoms with E-state index in [4.69, 9.17) is 4.74 Å². The molecule has 5 heteroatoms. The van der Waals surface area contributed by atoms with Crippen LogP contribution in [0.4, 0.5) is 4.79 Å². The van der Waals surface area contributed by atoms with E-state index in [2.05, 4.69) is 24.1 Å². The average Bonchev–Trinajstić information content (AvgIpc) is 2.45. The molecular weight excluding hydrogens is 278 g/mol. The van der Waals surface area contributed by atoms with Gasteiger partial charge in [0, 0.05) is 25.7 Å². The van der Waals surface area contributed by atoms with Gasteiger partial charge in [-0.1, -0.05) is 6.92 Å². The van der Waals surface area contributed by atoms with E-state index in [1.807, 2.05) is 4.90 Å². The van der Waals surface area contributed by atoms with E-state index in [9.17, 15) is 4.79 Å². The summed E-state index contributed by atoms with van der Waals surface area (Å²) in [7, 11) is 0. The van der Waals surface area contributed by atoms with Gasteiger partial charge in [0.25, 0.3) is 0 Å². The van der Waals surface area contributed by atoms with Crippen LogP contribution in [-0.2, 0) is 4.74 Å². The highest BCUT2D eigenvalue weighted by atomic mass is 16.5.